The minimum Gasteiger partial charge on any atom is -0.444 e. The second kappa shape index (κ2) is 10.0. The van der Waals surface area contributed by atoms with Crippen molar-refractivity contribution < 1.29 is 19.1 Å². The van der Waals surface area contributed by atoms with E-state index in [0.717, 1.165) is 29.8 Å². The van der Waals surface area contributed by atoms with E-state index in [4.69, 9.17) is 9.47 Å². The molecule has 1 fully saturated rings. The lowest BCUT2D eigenvalue weighted by atomic mass is 10.0. The number of ether oxygens (including phenoxy) is 2. The molecular formula is C29H39N3O4. The lowest BCUT2D eigenvalue weighted by molar-refractivity contribution is 0.0214. The Kier molecular flexibility index (Phi) is 7.21. The zero-order valence-corrected chi connectivity index (χ0v) is 22.4. The SMILES string of the molecule is CC(C)(C)OC(=O)N1CCN(c2ccc3c(c2)CCN3C(=O)OC(C)(C)C)C(Cc2ccccc2)C1. The second-order valence-electron chi connectivity index (χ2n) is 11.7. The van der Waals surface area contributed by atoms with Crippen LogP contribution < -0.4 is 9.80 Å². The maximum Gasteiger partial charge on any atom is 0.414 e. The third-order valence-electron chi connectivity index (χ3n) is 6.35. The van der Waals surface area contributed by atoms with Gasteiger partial charge in [0.05, 0.1) is 11.7 Å². The van der Waals surface area contributed by atoms with Gasteiger partial charge in [-0.05, 0) is 83.7 Å². The Morgan fingerprint density at radius 1 is 0.861 bits per heavy atom. The molecule has 36 heavy (non-hydrogen) atoms. The van der Waals surface area contributed by atoms with Gasteiger partial charge in [0.1, 0.15) is 11.2 Å². The van der Waals surface area contributed by atoms with Crippen LogP contribution in [0.3, 0.4) is 0 Å². The average Bonchev–Trinajstić information content (AvgIpc) is 3.21. The monoisotopic (exact) mass is 493 g/mol. The van der Waals surface area contributed by atoms with Crippen molar-refractivity contribution in [2.45, 2.75) is 71.6 Å². The van der Waals surface area contributed by atoms with Crippen molar-refractivity contribution >= 4 is 23.6 Å². The first-order valence-electron chi connectivity index (χ1n) is 12.8. The van der Waals surface area contributed by atoms with Gasteiger partial charge in [0.15, 0.2) is 0 Å². The Balaban J connectivity index is 1.55. The standard InChI is InChI=1S/C29H39N3O4/c1-28(2,3)35-26(33)30-16-17-31(24(20-30)18-21-10-8-7-9-11-21)23-12-13-25-22(19-23)14-15-32(25)27(34)36-29(4,5)6/h7-13,19,24H,14-18,20H2,1-6H3. The molecule has 2 heterocycles. The van der Waals surface area contributed by atoms with Gasteiger partial charge in [-0.15, -0.1) is 0 Å². The molecule has 2 aliphatic rings. The maximum absolute atomic E-state index is 12.8. The third kappa shape index (κ3) is 6.31. The molecule has 0 radical (unpaired) electrons. The van der Waals surface area contributed by atoms with Crippen molar-refractivity contribution in [3.05, 3.63) is 59.7 Å². The van der Waals surface area contributed by atoms with Crippen LogP contribution in [0.2, 0.25) is 0 Å². The number of nitrogens with zero attached hydrogens (tertiary/aromatic N) is 3. The van der Waals surface area contributed by atoms with E-state index >= 15 is 0 Å². The largest absolute Gasteiger partial charge is 0.444 e. The predicted octanol–water partition coefficient (Wildman–Crippen LogP) is 5.65. The van der Waals surface area contributed by atoms with Gasteiger partial charge in [-0.25, -0.2) is 9.59 Å². The molecule has 2 aromatic carbocycles. The molecule has 7 nitrogen and oxygen atoms in total. The minimum absolute atomic E-state index is 0.107. The summed E-state index contributed by atoms with van der Waals surface area (Å²) >= 11 is 0. The highest BCUT2D eigenvalue weighted by Crippen LogP contribution is 2.34. The quantitative estimate of drug-likeness (QED) is 0.553. The van der Waals surface area contributed by atoms with Crippen LogP contribution in [-0.2, 0) is 22.3 Å². The third-order valence-corrected chi connectivity index (χ3v) is 6.35. The predicted molar refractivity (Wildman–Crippen MR) is 143 cm³/mol. The number of carbonyl (C=O) groups is 2. The lowest BCUT2D eigenvalue weighted by Crippen LogP contribution is -2.56. The first-order valence-corrected chi connectivity index (χ1v) is 12.8. The molecule has 0 spiro atoms. The molecule has 1 atom stereocenters. The van der Waals surface area contributed by atoms with E-state index in [2.05, 4.69) is 41.3 Å². The van der Waals surface area contributed by atoms with Crippen LogP contribution in [0.15, 0.2) is 48.5 Å². The number of carbonyl (C=O) groups excluding carboxylic acids is 2. The van der Waals surface area contributed by atoms with E-state index in [1.54, 1.807) is 4.90 Å². The van der Waals surface area contributed by atoms with E-state index in [9.17, 15) is 9.59 Å². The van der Waals surface area contributed by atoms with Crippen LogP contribution in [0.1, 0.15) is 52.7 Å². The Hall–Kier alpha value is -3.22. The zero-order chi connectivity index (χ0) is 26.1. The number of anilines is 2. The molecular weight excluding hydrogens is 454 g/mol. The van der Waals surface area contributed by atoms with Gasteiger partial charge in [0, 0.05) is 31.9 Å². The van der Waals surface area contributed by atoms with Crippen LogP contribution >= 0.6 is 0 Å². The molecule has 0 bridgehead atoms. The molecule has 2 aliphatic heterocycles. The Labute approximate surface area is 215 Å². The molecule has 0 aromatic heterocycles. The van der Waals surface area contributed by atoms with E-state index in [1.807, 2.05) is 58.6 Å². The van der Waals surface area contributed by atoms with Gasteiger partial charge >= 0.3 is 12.2 Å². The number of hydrogen-bond acceptors (Lipinski definition) is 5. The highest BCUT2D eigenvalue weighted by Gasteiger charge is 2.34. The first-order chi connectivity index (χ1) is 16.9. The Bertz CT molecular complexity index is 1090. The number of fused-ring (bicyclic) bond motifs is 1. The molecule has 2 amide bonds. The van der Waals surface area contributed by atoms with E-state index in [1.165, 1.54) is 5.56 Å². The molecule has 4 rings (SSSR count). The first kappa shape index (κ1) is 25.9. The Morgan fingerprint density at radius 3 is 2.19 bits per heavy atom. The molecule has 0 N–H and O–H groups in total. The number of rotatable bonds is 3. The van der Waals surface area contributed by atoms with Gasteiger partial charge in [-0.3, -0.25) is 4.90 Å². The van der Waals surface area contributed by atoms with Gasteiger partial charge in [0.25, 0.3) is 0 Å². The van der Waals surface area contributed by atoms with Gasteiger partial charge in [-0.1, -0.05) is 30.3 Å². The van der Waals surface area contributed by atoms with Crippen molar-refractivity contribution in [2.24, 2.45) is 0 Å². The normalized spacial score (nSPS) is 18.2. The van der Waals surface area contributed by atoms with E-state index in [-0.39, 0.29) is 18.2 Å². The zero-order valence-electron chi connectivity index (χ0n) is 22.4. The smallest absolute Gasteiger partial charge is 0.414 e. The molecule has 194 valence electrons. The summed E-state index contributed by atoms with van der Waals surface area (Å²) in [5.74, 6) is 0. The topological polar surface area (TPSA) is 62.3 Å². The van der Waals surface area contributed by atoms with Crippen LogP contribution in [0.5, 0.6) is 0 Å². The van der Waals surface area contributed by atoms with Crippen LogP contribution in [0.25, 0.3) is 0 Å². The van der Waals surface area contributed by atoms with Crippen molar-refractivity contribution in [3.8, 4) is 0 Å². The van der Waals surface area contributed by atoms with Gasteiger partial charge < -0.3 is 19.3 Å². The molecule has 1 unspecified atom stereocenters. The number of benzene rings is 2. The number of hydrogen-bond donors (Lipinski definition) is 0. The summed E-state index contributed by atoms with van der Waals surface area (Å²) in [6.07, 6.45) is 1.05. The van der Waals surface area contributed by atoms with Gasteiger partial charge in [-0.2, -0.15) is 0 Å². The van der Waals surface area contributed by atoms with Crippen LogP contribution in [0, 0.1) is 0 Å². The van der Waals surface area contributed by atoms with Crippen molar-refractivity contribution in [2.75, 3.05) is 36.0 Å². The number of piperazine rings is 1. The van der Waals surface area contributed by atoms with E-state index in [0.29, 0.717) is 26.2 Å². The molecule has 1 saturated heterocycles. The molecule has 0 aliphatic carbocycles. The summed E-state index contributed by atoms with van der Waals surface area (Å²) in [5, 5.41) is 0. The Morgan fingerprint density at radius 2 is 1.53 bits per heavy atom. The summed E-state index contributed by atoms with van der Waals surface area (Å²) in [6.45, 7) is 13.9. The second-order valence-corrected chi connectivity index (χ2v) is 11.7. The lowest BCUT2D eigenvalue weighted by Gasteiger charge is -2.43. The summed E-state index contributed by atoms with van der Waals surface area (Å²) in [6, 6.07) is 16.8. The average molecular weight is 494 g/mol. The van der Waals surface area contributed by atoms with Crippen molar-refractivity contribution in [3.63, 3.8) is 0 Å². The van der Waals surface area contributed by atoms with E-state index < -0.39 is 11.2 Å². The fourth-order valence-electron chi connectivity index (χ4n) is 4.82. The fourth-order valence-corrected chi connectivity index (χ4v) is 4.82. The summed E-state index contributed by atoms with van der Waals surface area (Å²) < 4.78 is 11.3. The molecule has 7 heteroatoms. The fraction of sp³-hybridized carbons (Fsp3) is 0.517. The summed E-state index contributed by atoms with van der Waals surface area (Å²) in [7, 11) is 0. The van der Waals surface area contributed by atoms with Crippen molar-refractivity contribution in [1.82, 2.24) is 4.90 Å². The highest BCUT2D eigenvalue weighted by atomic mass is 16.6. The van der Waals surface area contributed by atoms with Crippen molar-refractivity contribution in [1.29, 1.82) is 0 Å². The number of amides is 2. The minimum atomic E-state index is -0.530. The highest BCUT2D eigenvalue weighted by molar-refractivity contribution is 5.91. The maximum atomic E-state index is 12.8. The van der Waals surface area contributed by atoms with Crippen LogP contribution in [-0.4, -0.2) is 60.5 Å². The van der Waals surface area contributed by atoms with Gasteiger partial charge in [0.2, 0.25) is 0 Å². The van der Waals surface area contributed by atoms with Crippen LogP contribution in [0.4, 0.5) is 21.0 Å². The summed E-state index contributed by atoms with van der Waals surface area (Å²) in [5.41, 5.74) is 3.35. The molecule has 0 saturated carbocycles. The molecule has 2 aromatic rings. The summed E-state index contributed by atoms with van der Waals surface area (Å²) in [4.78, 5) is 31.5.